The van der Waals surface area contributed by atoms with E-state index in [1.54, 1.807) is 12.1 Å². The van der Waals surface area contributed by atoms with Crippen LogP contribution in [0.1, 0.15) is 12.8 Å². The summed E-state index contributed by atoms with van der Waals surface area (Å²) in [5.74, 6) is 1.57. The van der Waals surface area contributed by atoms with Gasteiger partial charge in [-0.3, -0.25) is 0 Å². The molecule has 0 amide bonds. The van der Waals surface area contributed by atoms with Crippen molar-refractivity contribution in [3.05, 3.63) is 60.4 Å². The number of hydrogen-bond acceptors (Lipinski definition) is 6. The van der Waals surface area contributed by atoms with Gasteiger partial charge in [-0.2, -0.15) is 4.98 Å². The van der Waals surface area contributed by atoms with E-state index in [9.17, 15) is 9.50 Å². The van der Waals surface area contributed by atoms with Crippen molar-refractivity contribution in [1.29, 1.82) is 0 Å². The summed E-state index contributed by atoms with van der Waals surface area (Å²) in [6.45, 7) is 1.57. The Morgan fingerprint density at radius 1 is 1.00 bits per heavy atom. The third-order valence-electron chi connectivity index (χ3n) is 5.90. The highest BCUT2D eigenvalue weighted by Gasteiger charge is 2.44. The van der Waals surface area contributed by atoms with Crippen LogP contribution in [-0.2, 0) is 0 Å². The minimum absolute atomic E-state index is 0.302. The Bertz CT molecular complexity index is 963. The summed E-state index contributed by atoms with van der Waals surface area (Å²) in [4.78, 5) is 6.65. The molecule has 4 atom stereocenters. The van der Waals surface area contributed by atoms with Crippen molar-refractivity contribution in [3.63, 3.8) is 0 Å². The van der Waals surface area contributed by atoms with Crippen LogP contribution in [0.4, 0.5) is 10.4 Å². The number of ether oxygens (including phenoxy) is 1. The van der Waals surface area contributed by atoms with Crippen molar-refractivity contribution < 1.29 is 18.8 Å². The Morgan fingerprint density at radius 2 is 1.72 bits per heavy atom. The lowest BCUT2D eigenvalue weighted by Gasteiger charge is -2.35. The van der Waals surface area contributed by atoms with E-state index < -0.39 is 6.10 Å². The average Bonchev–Trinajstić information content (AvgIpc) is 3.38. The second kappa shape index (κ2) is 7.48. The van der Waals surface area contributed by atoms with E-state index in [1.807, 2.05) is 30.3 Å². The maximum Gasteiger partial charge on any atom is 0.324 e. The molecule has 3 aromatic rings. The van der Waals surface area contributed by atoms with Crippen LogP contribution >= 0.6 is 0 Å². The molecule has 2 aromatic carbocycles. The normalized spacial score (nSPS) is 26.3. The van der Waals surface area contributed by atoms with Gasteiger partial charge < -0.3 is 19.3 Å². The highest BCUT2D eigenvalue weighted by Crippen LogP contribution is 2.39. The van der Waals surface area contributed by atoms with Gasteiger partial charge in [-0.1, -0.05) is 35.5 Å². The molecule has 6 nitrogen and oxygen atoms in total. The molecule has 1 aliphatic heterocycles. The van der Waals surface area contributed by atoms with Crippen LogP contribution in [0.3, 0.4) is 0 Å². The zero-order valence-corrected chi connectivity index (χ0v) is 15.8. The maximum absolute atomic E-state index is 13.1. The van der Waals surface area contributed by atoms with Gasteiger partial charge in [-0.05, 0) is 48.9 Å². The van der Waals surface area contributed by atoms with Crippen molar-refractivity contribution in [2.75, 3.05) is 18.0 Å². The summed E-state index contributed by atoms with van der Waals surface area (Å²) in [5.41, 5.74) is 0.919. The Morgan fingerprint density at radius 3 is 2.48 bits per heavy atom. The molecule has 150 valence electrons. The average molecular weight is 395 g/mol. The number of aliphatic hydroxyl groups is 1. The molecule has 0 bridgehead atoms. The minimum Gasteiger partial charge on any atom is -0.488 e. The van der Waals surface area contributed by atoms with E-state index in [0.29, 0.717) is 35.8 Å². The zero-order chi connectivity index (χ0) is 19.8. The van der Waals surface area contributed by atoms with E-state index in [4.69, 9.17) is 9.26 Å². The summed E-state index contributed by atoms with van der Waals surface area (Å²) in [6, 6.07) is 16.2. The summed E-state index contributed by atoms with van der Waals surface area (Å²) in [5, 5.41) is 14.7. The summed E-state index contributed by atoms with van der Waals surface area (Å²) >= 11 is 0. The standard InChI is InChI=1S/C22H22FN3O3/c23-17-6-8-18(9-7-17)28-20-11-16-13-26(12-15(16)10-19(20)27)22-24-21(25-29-22)14-4-2-1-3-5-14/h1-9,15-16,19-20,27H,10-13H2/t15-,16+,19+,20+/m0/s1. The van der Waals surface area contributed by atoms with Crippen LogP contribution in [0.2, 0.25) is 0 Å². The first kappa shape index (κ1) is 18.1. The van der Waals surface area contributed by atoms with Gasteiger partial charge in [0.15, 0.2) is 0 Å². The molecule has 2 heterocycles. The molecular formula is C22H22FN3O3. The van der Waals surface area contributed by atoms with Gasteiger partial charge in [0.1, 0.15) is 17.7 Å². The highest BCUT2D eigenvalue weighted by molar-refractivity contribution is 5.55. The van der Waals surface area contributed by atoms with E-state index in [1.165, 1.54) is 12.1 Å². The number of halogens is 1. The molecule has 0 radical (unpaired) electrons. The van der Waals surface area contributed by atoms with E-state index in [0.717, 1.165) is 25.1 Å². The minimum atomic E-state index is -0.552. The summed E-state index contributed by atoms with van der Waals surface area (Å²) in [6.07, 6.45) is 0.541. The molecule has 1 aliphatic carbocycles. The number of nitrogens with zero attached hydrogens (tertiary/aromatic N) is 3. The molecule has 0 unspecified atom stereocenters. The SMILES string of the molecule is O[C@@H]1C[C@H]2CN(c3nc(-c4ccccc4)no3)C[C@H]2C[C@H]1Oc1ccc(F)cc1. The van der Waals surface area contributed by atoms with Gasteiger partial charge in [0.2, 0.25) is 5.82 Å². The van der Waals surface area contributed by atoms with Crippen molar-refractivity contribution >= 4 is 6.01 Å². The monoisotopic (exact) mass is 395 g/mol. The molecular weight excluding hydrogens is 373 g/mol. The third kappa shape index (κ3) is 3.70. The molecule has 2 fully saturated rings. The molecule has 29 heavy (non-hydrogen) atoms. The lowest BCUT2D eigenvalue weighted by atomic mass is 9.78. The number of aromatic nitrogens is 2. The summed E-state index contributed by atoms with van der Waals surface area (Å²) in [7, 11) is 0. The topological polar surface area (TPSA) is 71.6 Å². The fourth-order valence-corrected chi connectivity index (χ4v) is 4.41. The lowest BCUT2D eigenvalue weighted by Crippen LogP contribution is -2.42. The molecule has 1 saturated heterocycles. The smallest absolute Gasteiger partial charge is 0.324 e. The van der Waals surface area contributed by atoms with Gasteiger partial charge in [0, 0.05) is 18.7 Å². The van der Waals surface area contributed by atoms with E-state index in [-0.39, 0.29) is 11.9 Å². The van der Waals surface area contributed by atoms with Crippen LogP contribution in [0, 0.1) is 17.7 Å². The number of anilines is 1. The van der Waals surface area contributed by atoms with Crippen molar-refractivity contribution in [2.24, 2.45) is 11.8 Å². The van der Waals surface area contributed by atoms with Gasteiger partial charge >= 0.3 is 6.01 Å². The number of fused-ring (bicyclic) bond motifs is 1. The van der Waals surface area contributed by atoms with Crippen molar-refractivity contribution in [3.8, 4) is 17.1 Å². The largest absolute Gasteiger partial charge is 0.488 e. The summed E-state index contributed by atoms with van der Waals surface area (Å²) < 4.78 is 24.6. The van der Waals surface area contributed by atoms with E-state index >= 15 is 0 Å². The zero-order valence-electron chi connectivity index (χ0n) is 15.8. The van der Waals surface area contributed by atoms with Gasteiger partial charge in [-0.25, -0.2) is 4.39 Å². The predicted octanol–water partition coefficient (Wildman–Crippen LogP) is 3.53. The van der Waals surface area contributed by atoms with Crippen molar-refractivity contribution in [1.82, 2.24) is 10.1 Å². The second-order valence-electron chi connectivity index (χ2n) is 7.84. The first-order valence-corrected chi connectivity index (χ1v) is 9.90. The quantitative estimate of drug-likeness (QED) is 0.729. The fourth-order valence-electron chi connectivity index (χ4n) is 4.41. The molecule has 2 aliphatic rings. The van der Waals surface area contributed by atoms with E-state index in [2.05, 4.69) is 15.0 Å². The fraction of sp³-hybridized carbons (Fsp3) is 0.364. The molecule has 1 N–H and O–H groups in total. The molecule has 7 heteroatoms. The van der Waals surface area contributed by atoms with Gasteiger partial charge in [-0.15, -0.1) is 0 Å². The first-order valence-electron chi connectivity index (χ1n) is 9.90. The molecule has 1 saturated carbocycles. The number of hydrogen-bond donors (Lipinski definition) is 1. The number of aliphatic hydroxyl groups excluding tert-OH is 1. The Hall–Kier alpha value is -2.93. The third-order valence-corrected chi connectivity index (χ3v) is 5.90. The Balaban J connectivity index is 1.26. The highest BCUT2D eigenvalue weighted by atomic mass is 19.1. The van der Waals surface area contributed by atoms with Crippen LogP contribution in [-0.4, -0.2) is 40.5 Å². The molecule has 5 rings (SSSR count). The Kier molecular flexibility index (Phi) is 4.67. The molecule has 1 aromatic heterocycles. The molecule has 0 spiro atoms. The Labute approximate surface area is 167 Å². The predicted molar refractivity (Wildman–Crippen MR) is 105 cm³/mol. The van der Waals surface area contributed by atoms with Crippen LogP contribution < -0.4 is 9.64 Å². The maximum atomic E-state index is 13.1. The second-order valence-corrected chi connectivity index (χ2v) is 7.84. The van der Waals surface area contributed by atoms with Gasteiger partial charge in [0.05, 0.1) is 6.10 Å². The number of benzene rings is 2. The van der Waals surface area contributed by atoms with Crippen LogP contribution in [0.25, 0.3) is 11.4 Å². The first-order chi connectivity index (χ1) is 14.2. The van der Waals surface area contributed by atoms with Crippen LogP contribution in [0.15, 0.2) is 59.1 Å². The van der Waals surface area contributed by atoms with Crippen molar-refractivity contribution in [2.45, 2.75) is 25.0 Å². The van der Waals surface area contributed by atoms with Crippen LogP contribution in [0.5, 0.6) is 5.75 Å². The van der Waals surface area contributed by atoms with Gasteiger partial charge in [0.25, 0.3) is 0 Å². The number of rotatable bonds is 4. The lowest BCUT2D eigenvalue weighted by molar-refractivity contribution is -0.0231.